The SMILES string of the molecule is CN1CC2c3ccccc3CC1c1ccccc12. The summed E-state index contributed by atoms with van der Waals surface area (Å²) >= 11 is 0. The van der Waals surface area contributed by atoms with Gasteiger partial charge >= 0.3 is 0 Å². The van der Waals surface area contributed by atoms with Gasteiger partial charge in [-0.1, -0.05) is 48.5 Å². The van der Waals surface area contributed by atoms with E-state index >= 15 is 0 Å². The van der Waals surface area contributed by atoms with Crippen LogP contribution in [-0.4, -0.2) is 18.5 Å². The van der Waals surface area contributed by atoms with Gasteiger partial charge in [0.15, 0.2) is 0 Å². The van der Waals surface area contributed by atoms with Crippen molar-refractivity contribution in [2.45, 2.75) is 18.4 Å². The van der Waals surface area contributed by atoms with Gasteiger partial charge in [0.05, 0.1) is 0 Å². The van der Waals surface area contributed by atoms with E-state index in [2.05, 4.69) is 60.5 Å². The van der Waals surface area contributed by atoms with E-state index in [1.54, 1.807) is 5.56 Å². The molecule has 1 aliphatic carbocycles. The Morgan fingerprint density at radius 3 is 2.39 bits per heavy atom. The monoisotopic (exact) mass is 235 g/mol. The molecule has 0 spiro atoms. The fourth-order valence-electron chi connectivity index (χ4n) is 3.68. The lowest BCUT2D eigenvalue weighted by Gasteiger charge is -2.36. The van der Waals surface area contributed by atoms with E-state index in [0.717, 1.165) is 13.0 Å². The first-order valence-electron chi connectivity index (χ1n) is 6.71. The maximum absolute atomic E-state index is 2.52. The van der Waals surface area contributed by atoms with E-state index in [4.69, 9.17) is 0 Å². The number of likely N-dealkylation sites (N-methyl/N-ethyl adjacent to an activating group) is 1. The van der Waals surface area contributed by atoms with Crippen molar-refractivity contribution in [3.05, 3.63) is 70.8 Å². The van der Waals surface area contributed by atoms with E-state index in [9.17, 15) is 0 Å². The molecule has 0 aromatic heterocycles. The van der Waals surface area contributed by atoms with Crippen molar-refractivity contribution in [1.82, 2.24) is 4.90 Å². The van der Waals surface area contributed by atoms with Crippen LogP contribution in [-0.2, 0) is 6.42 Å². The molecule has 2 heterocycles. The standard InChI is InChI=1S/C17H17N/c1-18-11-16-13-7-3-2-6-12(13)10-17(18)15-9-5-4-8-14(15)16/h2-9,16-17H,10-11H2,1H3. The summed E-state index contributed by atoms with van der Waals surface area (Å²) in [4.78, 5) is 2.52. The highest BCUT2D eigenvalue weighted by molar-refractivity contribution is 5.48. The average Bonchev–Trinajstić information content (AvgIpc) is 2.64. The summed E-state index contributed by atoms with van der Waals surface area (Å²) in [6, 6.07) is 18.5. The van der Waals surface area contributed by atoms with Crippen molar-refractivity contribution in [3.63, 3.8) is 0 Å². The Balaban J connectivity index is 2.00. The zero-order valence-corrected chi connectivity index (χ0v) is 10.6. The largest absolute Gasteiger partial charge is 0.298 e. The third-order valence-electron chi connectivity index (χ3n) is 4.58. The third-order valence-corrected chi connectivity index (χ3v) is 4.58. The van der Waals surface area contributed by atoms with E-state index < -0.39 is 0 Å². The van der Waals surface area contributed by atoms with Crippen molar-refractivity contribution in [1.29, 1.82) is 0 Å². The molecular formula is C17H17N. The summed E-state index contributed by atoms with van der Waals surface area (Å²) in [7, 11) is 2.26. The molecular weight excluding hydrogens is 218 g/mol. The molecule has 0 N–H and O–H groups in total. The van der Waals surface area contributed by atoms with E-state index in [0.29, 0.717) is 12.0 Å². The van der Waals surface area contributed by atoms with Crippen LogP contribution in [0.1, 0.15) is 34.2 Å². The molecule has 3 aliphatic rings. The molecule has 0 fully saturated rings. The van der Waals surface area contributed by atoms with Crippen LogP contribution in [0.5, 0.6) is 0 Å². The van der Waals surface area contributed by atoms with Gasteiger partial charge < -0.3 is 0 Å². The third kappa shape index (κ3) is 1.31. The molecule has 1 heteroatoms. The number of nitrogens with zero attached hydrogens (tertiary/aromatic N) is 1. The molecule has 0 radical (unpaired) electrons. The molecule has 2 bridgehead atoms. The first kappa shape index (κ1) is 10.3. The highest BCUT2D eigenvalue weighted by Crippen LogP contribution is 2.44. The molecule has 90 valence electrons. The smallest absolute Gasteiger partial charge is 0.0388 e. The van der Waals surface area contributed by atoms with E-state index in [-0.39, 0.29) is 0 Å². The van der Waals surface area contributed by atoms with Crippen LogP contribution in [0.15, 0.2) is 48.5 Å². The van der Waals surface area contributed by atoms with Crippen LogP contribution in [0.2, 0.25) is 0 Å². The van der Waals surface area contributed by atoms with Gasteiger partial charge in [-0.05, 0) is 35.7 Å². The highest BCUT2D eigenvalue weighted by Gasteiger charge is 2.36. The molecule has 2 atom stereocenters. The summed E-state index contributed by atoms with van der Waals surface area (Å²) < 4.78 is 0. The molecule has 2 aromatic carbocycles. The summed E-state index contributed by atoms with van der Waals surface area (Å²) in [6.07, 6.45) is 1.15. The number of rotatable bonds is 0. The molecule has 2 unspecified atom stereocenters. The maximum atomic E-state index is 2.52. The second-order valence-electron chi connectivity index (χ2n) is 5.54. The Kier molecular flexibility index (Phi) is 2.12. The molecule has 1 nitrogen and oxygen atoms in total. The normalized spacial score (nSPS) is 25.4. The minimum Gasteiger partial charge on any atom is -0.298 e. The van der Waals surface area contributed by atoms with Crippen molar-refractivity contribution < 1.29 is 0 Å². The minimum atomic E-state index is 0.557. The van der Waals surface area contributed by atoms with Gasteiger partial charge in [0.25, 0.3) is 0 Å². The van der Waals surface area contributed by atoms with Crippen molar-refractivity contribution >= 4 is 0 Å². The summed E-state index contributed by atoms with van der Waals surface area (Å²) in [5, 5.41) is 0. The molecule has 2 aliphatic heterocycles. The number of fused-ring (bicyclic) bond motifs is 1. The Morgan fingerprint density at radius 1 is 0.889 bits per heavy atom. The van der Waals surface area contributed by atoms with Crippen LogP contribution in [0.25, 0.3) is 0 Å². The topological polar surface area (TPSA) is 3.24 Å². The summed E-state index contributed by atoms with van der Waals surface area (Å²) in [6.45, 7) is 1.15. The van der Waals surface area contributed by atoms with Crippen molar-refractivity contribution in [2.75, 3.05) is 13.6 Å². The number of benzene rings is 2. The first-order chi connectivity index (χ1) is 8.84. The van der Waals surface area contributed by atoms with Crippen LogP contribution < -0.4 is 0 Å². The lowest BCUT2D eigenvalue weighted by molar-refractivity contribution is 0.227. The Morgan fingerprint density at radius 2 is 1.56 bits per heavy atom. The number of hydrogen-bond donors (Lipinski definition) is 0. The Bertz CT molecular complexity index is 602. The van der Waals surface area contributed by atoms with Gasteiger partial charge in [0.1, 0.15) is 0 Å². The predicted octanol–water partition coefficient (Wildman–Crippen LogP) is 3.36. The van der Waals surface area contributed by atoms with Crippen molar-refractivity contribution in [2.24, 2.45) is 0 Å². The molecule has 0 amide bonds. The molecule has 0 saturated carbocycles. The Hall–Kier alpha value is -1.60. The zero-order chi connectivity index (χ0) is 12.1. The molecule has 2 aromatic rings. The molecule has 5 rings (SSSR count). The lowest BCUT2D eigenvalue weighted by Crippen LogP contribution is -2.33. The van der Waals surface area contributed by atoms with Gasteiger partial charge in [-0.25, -0.2) is 0 Å². The average molecular weight is 235 g/mol. The van der Waals surface area contributed by atoms with Gasteiger partial charge in [0.2, 0.25) is 0 Å². The van der Waals surface area contributed by atoms with Gasteiger partial charge in [-0.3, -0.25) is 4.90 Å². The summed E-state index contributed by atoms with van der Waals surface area (Å²) in [5.41, 5.74) is 6.16. The summed E-state index contributed by atoms with van der Waals surface area (Å²) in [5.74, 6) is 0.557. The second-order valence-corrected chi connectivity index (χ2v) is 5.54. The highest BCUT2D eigenvalue weighted by atomic mass is 15.1. The lowest BCUT2D eigenvalue weighted by atomic mass is 9.85. The quantitative estimate of drug-likeness (QED) is 0.677. The van der Waals surface area contributed by atoms with Gasteiger partial charge in [-0.15, -0.1) is 0 Å². The van der Waals surface area contributed by atoms with Crippen LogP contribution >= 0.6 is 0 Å². The molecule has 18 heavy (non-hydrogen) atoms. The fourth-order valence-corrected chi connectivity index (χ4v) is 3.68. The van der Waals surface area contributed by atoms with Crippen molar-refractivity contribution in [3.8, 4) is 0 Å². The number of hydrogen-bond acceptors (Lipinski definition) is 1. The zero-order valence-electron chi connectivity index (χ0n) is 10.6. The fraction of sp³-hybridized carbons (Fsp3) is 0.294. The van der Waals surface area contributed by atoms with E-state index in [1.807, 2.05) is 0 Å². The van der Waals surface area contributed by atoms with E-state index in [1.165, 1.54) is 16.7 Å². The first-order valence-corrected chi connectivity index (χ1v) is 6.71. The van der Waals surface area contributed by atoms with Gasteiger partial charge in [-0.2, -0.15) is 0 Å². The van der Waals surface area contributed by atoms with Gasteiger partial charge in [0, 0.05) is 18.5 Å². The second kappa shape index (κ2) is 3.69. The maximum Gasteiger partial charge on any atom is 0.0388 e. The minimum absolute atomic E-state index is 0.557. The molecule has 0 saturated heterocycles. The van der Waals surface area contributed by atoms with Crippen LogP contribution in [0, 0.1) is 0 Å². The van der Waals surface area contributed by atoms with Crippen LogP contribution in [0.4, 0.5) is 0 Å². The predicted molar refractivity (Wildman–Crippen MR) is 73.8 cm³/mol. The Labute approximate surface area is 108 Å². The van der Waals surface area contributed by atoms with Crippen LogP contribution in [0.3, 0.4) is 0 Å².